The van der Waals surface area contributed by atoms with Gasteiger partial charge in [0.15, 0.2) is 6.29 Å². The van der Waals surface area contributed by atoms with Gasteiger partial charge in [-0.3, -0.25) is 4.98 Å². The fourth-order valence-electron chi connectivity index (χ4n) is 2.54. The Bertz CT molecular complexity index is 353. The standard InChI is InChI=1S/C16H26N2O2/c1-2-6-14(13-15-7-3-4-9-17-15)18-10-5-8-16-19-11-12-20-16/h3-4,7,9,14,16,18H,2,5-6,8,10-13H2,1H3. The highest BCUT2D eigenvalue weighted by Gasteiger charge is 2.15. The summed E-state index contributed by atoms with van der Waals surface area (Å²) in [5.41, 5.74) is 1.17. The minimum atomic E-state index is 0.0252. The van der Waals surface area contributed by atoms with Crippen LogP contribution in [0.2, 0.25) is 0 Å². The van der Waals surface area contributed by atoms with Gasteiger partial charge in [0.25, 0.3) is 0 Å². The van der Waals surface area contributed by atoms with E-state index in [0.717, 1.165) is 39.0 Å². The molecule has 1 unspecified atom stereocenters. The molecule has 0 amide bonds. The van der Waals surface area contributed by atoms with Gasteiger partial charge in [-0.15, -0.1) is 0 Å². The summed E-state index contributed by atoms with van der Waals surface area (Å²) in [7, 11) is 0. The zero-order valence-corrected chi connectivity index (χ0v) is 12.4. The van der Waals surface area contributed by atoms with Gasteiger partial charge >= 0.3 is 0 Å². The predicted molar refractivity (Wildman–Crippen MR) is 79.6 cm³/mol. The van der Waals surface area contributed by atoms with Crippen molar-refractivity contribution in [2.45, 2.75) is 51.4 Å². The minimum Gasteiger partial charge on any atom is -0.350 e. The SMILES string of the molecule is CCCC(Cc1ccccn1)NCCCC1OCCO1. The lowest BCUT2D eigenvalue weighted by Gasteiger charge is -2.18. The quantitative estimate of drug-likeness (QED) is 0.705. The number of nitrogens with one attached hydrogen (secondary N) is 1. The van der Waals surface area contributed by atoms with Crippen molar-refractivity contribution in [3.63, 3.8) is 0 Å². The van der Waals surface area contributed by atoms with Gasteiger partial charge in [0.1, 0.15) is 0 Å². The third-order valence-electron chi connectivity index (χ3n) is 3.56. The molecule has 0 saturated carbocycles. The third kappa shape index (κ3) is 5.57. The number of nitrogens with zero attached hydrogens (tertiary/aromatic N) is 1. The molecule has 112 valence electrons. The second-order valence-corrected chi connectivity index (χ2v) is 5.28. The largest absolute Gasteiger partial charge is 0.350 e. The van der Waals surface area contributed by atoms with Crippen molar-refractivity contribution < 1.29 is 9.47 Å². The lowest BCUT2D eigenvalue weighted by molar-refractivity contribution is -0.0476. The molecule has 1 aliphatic heterocycles. The number of rotatable bonds is 9. The maximum Gasteiger partial charge on any atom is 0.157 e. The Balaban J connectivity index is 1.66. The summed E-state index contributed by atoms with van der Waals surface area (Å²) < 4.78 is 10.9. The van der Waals surface area contributed by atoms with Crippen LogP contribution >= 0.6 is 0 Å². The zero-order valence-electron chi connectivity index (χ0n) is 12.4. The number of pyridine rings is 1. The molecule has 2 rings (SSSR count). The Hall–Kier alpha value is -0.970. The number of hydrogen-bond donors (Lipinski definition) is 1. The summed E-state index contributed by atoms with van der Waals surface area (Å²) >= 11 is 0. The van der Waals surface area contributed by atoms with Gasteiger partial charge in [-0.05, 0) is 37.9 Å². The molecule has 1 aromatic heterocycles. The minimum absolute atomic E-state index is 0.0252. The van der Waals surface area contributed by atoms with Crippen LogP contribution < -0.4 is 5.32 Å². The van der Waals surface area contributed by atoms with Crippen LogP contribution in [-0.4, -0.2) is 37.1 Å². The summed E-state index contributed by atoms with van der Waals surface area (Å²) in [5, 5.41) is 3.64. The first-order valence-corrected chi connectivity index (χ1v) is 7.75. The summed E-state index contributed by atoms with van der Waals surface area (Å²) in [5.74, 6) is 0. The molecule has 4 heteroatoms. The number of aromatic nitrogens is 1. The molecule has 4 nitrogen and oxygen atoms in total. The smallest absolute Gasteiger partial charge is 0.157 e. The Labute approximate surface area is 121 Å². The Kier molecular flexibility index (Phi) is 6.98. The molecule has 1 aliphatic rings. The van der Waals surface area contributed by atoms with Crippen molar-refractivity contribution >= 4 is 0 Å². The first-order valence-electron chi connectivity index (χ1n) is 7.75. The Morgan fingerprint density at radius 3 is 2.90 bits per heavy atom. The number of hydrogen-bond acceptors (Lipinski definition) is 4. The van der Waals surface area contributed by atoms with Gasteiger partial charge in [-0.2, -0.15) is 0 Å². The van der Waals surface area contributed by atoms with Crippen molar-refractivity contribution in [3.8, 4) is 0 Å². The zero-order chi connectivity index (χ0) is 14.0. The molecular formula is C16H26N2O2. The van der Waals surface area contributed by atoms with E-state index in [1.165, 1.54) is 18.5 Å². The Morgan fingerprint density at radius 1 is 1.35 bits per heavy atom. The highest BCUT2D eigenvalue weighted by Crippen LogP contribution is 2.10. The van der Waals surface area contributed by atoms with Crippen LogP contribution in [0.5, 0.6) is 0 Å². The van der Waals surface area contributed by atoms with Crippen LogP contribution in [-0.2, 0) is 15.9 Å². The lowest BCUT2D eigenvalue weighted by Crippen LogP contribution is -2.32. The molecule has 1 saturated heterocycles. The molecule has 1 atom stereocenters. The van der Waals surface area contributed by atoms with Gasteiger partial charge in [0.05, 0.1) is 13.2 Å². The van der Waals surface area contributed by atoms with Crippen LogP contribution in [0, 0.1) is 0 Å². The Morgan fingerprint density at radius 2 is 2.20 bits per heavy atom. The van der Waals surface area contributed by atoms with E-state index in [2.05, 4.69) is 29.4 Å². The van der Waals surface area contributed by atoms with E-state index >= 15 is 0 Å². The first kappa shape index (κ1) is 15.4. The maximum atomic E-state index is 5.44. The van der Waals surface area contributed by atoms with E-state index in [0.29, 0.717) is 6.04 Å². The van der Waals surface area contributed by atoms with Crippen molar-refractivity contribution in [1.82, 2.24) is 10.3 Å². The molecule has 0 bridgehead atoms. The molecule has 1 fully saturated rings. The van der Waals surface area contributed by atoms with Gasteiger partial charge < -0.3 is 14.8 Å². The van der Waals surface area contributed by atoms with Crippen LogP contribution in [0.1, 0.15) is 38.3 Å². The predicted octanol–water partition coefficient (Wildman–Crippen LogP) is 2.54. The summed E-state index contributed by atoms with van der Waals surface area (Å²) in [4.78, 5) is 4.41. The second kappa shape index (κ2) is 9.06. The second-order valence-electron chi connectivity index (χ2n) is 5.28. The molecule has 20 heavy (non-hydrogen) atoms. The van der Waals surface area contributed by atoms with Crippen LogP contribution in [0.15, 0.2) is 24.4 Å². The number of ether oxygens (including phenoxy) is 2. The van der Waals surface area contributed by atoms with Crippen LogP contribution in [0.4, 0.5) is 0 Å². The highest BCUT2D eigenvalue weighted by molar-refractivity contribution is 5.05. The average Bonchev–Trinajstić information content (AvgIpc) is 2.98. The maximum absolute atomic E-state index is 5.44. The summed E-state index contributed by atoms with van der Waals surface area (Å²) in [6.07, 6.45) is 7.35. The van der Waals surface area contributed by atoms with Gasteiger partial charge in [-0.25, -0.2) is 0 Å². The van der Waals surface area contributed by atoms with Gasteiger partial charge in [-0.1, -0.05) is 19.4 Å². The lowest BCUT2D eigenvalue weighted by atomic mass is 10.1. The molecule has 0 aliphatic carbocycles. The van der Waals surface area contributed by atoms with Crippen LogP contribution in [0.25, 0.3) is 0 Å². The van der Waals surface area contributed by atoms with Crippen LogP contribution in [0.3, 0.4) is 0 Å². The van der Waals surface area contributed by atoms with Crippen molar-refractivity contribution in [2.75, 3.05) is 19.8 Å². The first-order chi connectivity index (χ1) is 9.88. The fourth-order valence-corrected chi connectivity index (χ4v) is 2.54. The topological polar surface area (TPSA) is 43.4 Å². The van der Waals surface area contributed by atoms with E-state index in [1.807, 2.05) is 12.3 Å². The van der Waals surface area contributed by atoms with Gasteiger partial charge in [0.2, 0.25) is 0 Å². The van der Waals surface area contributed by atoms with Crippen molar-refractivity contribution in [2.24, 2.45) is 0 Å². The van der Waals surface area contributed by atoms with Crippen molar-refractivity contribution in [3.05, 3.63) is 30.1 Å². The van der Waals surface area contributed by atoms with E-state index in [1.54, 1.807) is 0 Å². The summed E-state index contributed by atoms with van der Waals surface area (Å²) in [6, 6.07) is 6.64. The highest BCUT2D eigenvalue weighted by atomic mass is 16.7. The molecule has 0 spiro atoms. The van der Waals surface area contributed by atoms with E-state index < -0.39 is 0 Å². The van der Waals surface area contributed by atoms with E-state index in [9.17, 15) is 0 Å². The summed E-state index contributed by atoms with van der Waals surface area (Å²) in [6.45, 7) is 4.74. The molecule has 0 radical (unpaired) electrons. The molecule has 1 N–H and O–H groups in total. The molecule has 0 aromatic carbocycles. The monoisotopic (exact) mass is 278 g/mol. The average molecular weight is 278 g/mol. The molecule has 2 heterocycles. The van der Waals surface area contributed by atoms with Crippen molar-refractivity contribution in [1.29, 1.82) is 0 Å². The van der Waals surface area contributed by atoms with Gasteiger partial charge in [0, 0.05) is 24.4 Å². The van der Waals surface area contributed by atoms with E-state index in [4.69, 9.17) is 9.47 Å². The van der Waals surface area contributed by atoms with E-state index in [-0.39, 0.29) is 6.29 Å². The fraction of sp³-hybridized carbons (Fsp3) is 0.688. The normalized spacial score (nSPS) is 17.4. The third-order valence-corrected chi connectivity index (χ3v) is 3.56. The molecular weight excluding hydrogens is 252 g/mol. The molecule has 1 aromatic rings.